The summed E-state index contributed by atoms with van der Waals surface area (Å²) in [5.74, 6) is 0.319. The largest absolute Gasteiger partial charge is 0.456 e. The summed E-state index contributed by atoms with van der Waals surface area (Å²) < 4.78 is 42.9. The van der Waals surface area contributed by atoms with Gasteiger partial charge in [0.05, 0.1) is 11.4 Å². The Morgan fingerprint density at radius 3 is 2.58 bits per heavy atom. The van der Waals surface area contributed by atoms with Gasteiger partial charge >= 0.3 is 6.18 Å². The van der Waals surface area contributed by atoms with Crippen molar-refractivity contribution in [2.45, 2.75) is 12.6 Å². The monoisotopic (exact) mass is 386 g/mol. The van der Waals surface area contributed by atoms with E-state index in [9.17, 15) is 18.0 Å². The molecule has 140 valence electrons. The molecule has 0 fully saturated rings. The Bertz CT molecular complexity index is 766. The molecule has 0 saturated carbocycles. The molecule has 2 N–H and O–H groups in total. The fourth-order valence-electron chi connectivity index (χ4n) is 2.20. The number of likely N-dealkylation sites (N-methyl/N-ethyl adjacent to an activating group) is 1. The summed E-state index contributed by atoms with van der Waals surface area (Å²) in [6.07, 6.45) is -5.37. The minimum absolute atomic E-state index is 0.0486. The summed E-state index contributed by atoms with van der Waals surface area (Å²) in [5.41, 5.74) is 0.455. The van der Waals surface area contributed by atoms with Crippen molar-refractivity contribution in [1.29, 1.82) is 0 Å². The van der Waals surface area contributed by atoms with Gasteiger partial charge in [0.1, 0.15) is 11.5 Å². The predicted octanol–water partition coefficient (Wildman–Crippen LogP) is 4.19. The fraction of sp³-hybridized carbons (Fsp3) is 0.278. The first kappa shape index (κ1) is 20.1. The van der Waals surface area contributed by atoms with E-state index in [1.807, 2.05) is 0 Å². The lowest BCUT2D eigenvalue weighted by molar-refractivity contribution is -0.127. The maximum absolute atomic E-state index is 12.4. The van der Waals surface area contributed by atoms with Crippen LogP contribution in [0.1, 0.15) is 15.9 Å². The first-order valence-corrected chi connectivity index (χ1v) is 8.22. The van der Waals surface area contributed by atoms with Gasteiger partial charge in [-0.3, -0.25) is 4.79 Å². The number of carbonyl (C=O) groups is 1. The van der Waals surface area contributed by atoms with Gasteiger partial charge in [0.25, 0.3) is 5.91 Å². The molecule has 1 amide bonds. The summed E-state index contributed by atoms with van der Waals surface area (Å²) in [4.78, 5) is 12.0. The molecule has 0 radical (unpaired) electrons. The fourth-order valence-corrected chi connectivity index (χ4v) is 2.44. The predicted molar refractivity (Wildman–Crippen MR) is 94.0 cm³/mol. The molecule has 0 aliphatic heterocycles. The van der Waals surface area contributed by atoms with Gasteiger partial charge in [0.15, 0.2) is 0 Å². The van der Waals surface area contributed by atoms with Crippen molar-refractivity contribution in [2.24, 2.45) is 0 Å². The van der Waals surface area contributed by atoms with Crippen LogP contribution in [0.2, 0.25) is 5.02 Å². The maximum Gasteiger partial charge on any atom is 0.393 e. The average molecular weight is 387 g/mol. The highest BCUT2D eigenvalue weighted by atomic mass is 35.5. The van der Waals surface area contributed by atoms with E-state index in [1.165, 1.54) is 24.3 Å². The van der Waals surface area contributed by atoms with Crippen molar-refractivity contribution in [3.05, 3.63) is 58.6 Å². The molecule has 2 rings (SSSR count). The van der Waals surface area contributed by atoms with E-state index in [4.69, 9.17) is 16.3 Å². The Kier molecular flexibility index (Phi) is 6.88. The highest BCUT2D eigenvalue weighted by Crippen LogP contribution is 2.32. The van der Waals surface area contributed by atoms with E-state index < -0.39 is 12.6 Å². The second-order valence-corrected chi connectivity index (χ2v) is 5.95. The molecule has 2 aromatic rings. The number of alkyl halides is 3. The number of rotatable bonds is 7. The summed E-state index contributed by atoms with van der Waals surface area (Å²) in [5, 5.41) is 5.73. The zero-order valence-corrected chi connectivity index (χ0v) is 14.7. The van der Waals surface area contributed by atoms with Gasteiger partial charge in [-0.25, -0.2) is 0 Å². The van der Waals surface area contributed by atoms with Crippen LogP contribution in [0.4, 0.5) is 13.2 Å². The second-order valence-electron chi connectivity index (χ2n) is 5.55. The van der Waals surface area contributed by atoms with Crippen LogP contribution in [0.3, 0.4) is 0 Å². The molecule has 0 saturated heterocycles. The van der Waals surface area contributed by atoms with Crippen LogP contribution in [-0.2, 0) is 6.42 Å². The third-order valence-corrected chi connectivity index (χ3v) is 3.68. The third-order valence-electron chi connectivity index (χ3n) is 3.39. The molecular weight excluding hydrogens is 369 g/mol. The molecule has 8 heteroatoms. The van der Waals surface area contributed by atoms with Crippen LogP contribution in [-0.4, -0.2) is 32.2 Å². The maximum atomic E-state index is 12.4. The lowest BCUT2D eigenvalue weighted by Gasteiger charge is -2.11. The lowest BCUT2D eigenvalue weighted by Crippen LogP contribution is -2.30. The number of ether oxygens (including phenoxy) is 1. The van der Waals surface area contributed by atoms with Crippen LogP contribution in [0.15, 0.2) is 42.5 Å². The molecule has 0 spiro atoms. The number of carbonyl (C=O) groups excluding carboxylic acids is 1. The number of hydrogen-bond donors (Lipinski definition) is 2. The summed E-state index contributed by atoms with van der Waals surface area (Å²) in [6, 6.07) is 10.4. The van der Waals surface area contributed by atoms with Crippen molar-refractivity contribution in [2.75, 3.05) is 20.1 Å². The standard InChI is InChI=1S/C18H18ClF3N2O2/c1-23-7-8-24-17(25)13-3-2-4-14(10-13)26-16-6-5-12(9-15(16)19)11-18(20,21)22/h2-6,9-10,23H,7-8,11H2,1H3,(H,24,25). The Balaban J connectivity index is 2.09. The van der Waals surface area contributed by atoms with E-state index in [0.29, 0.717) is 24.4 Å². The van der Waals surface area contributed by atoms with Gasteiger partial charge in [-0.1, -0.05) is 23.7 Å². The van der Waals surface area contributed by atoms with Gasteiger partial charge in [-0.05, 0) is 42.9 Å². The topological polar surface area (TPSA) is 50.4 Å². The first-order chi connectivity index (χ1) is 12.3. The number of benzene rings is 2. The van der Waals surface area contributed by atoms with E-state index in [-0.39, 0.29) is 22.2 Å². The third kappa shape index (κ3) is 6.24. The highest BCUT2D eigenvalue weighted by Gasteiger charge is 2.27. The van der Waals surface area contributed by atoms with Gasteiger partial charge in [0.2, 0.25) is 0 Å². The van der Waals surface area contributed by atoms with Gasteiger partial charge in [-0.15, -0.1) is 0 Å². The Morgan fingerprint density at radius 1 is 1.15 bits per heavy atom. The van der Waals surface area contributed by atoms with Gasteiger partial charge in [0, 0.05) is 18.7 Å². The zero-order chi connectivity index (χ0) is 19.2. The Hall–Kier alpha value is -2.25. The van der Waals surface area contributed by atoms with Crippen molar-refractivity contribution in [1.82, 2.24) is 10.6 Å². The normalized spacial score (nSPS) is 11.3. The highest BCUT2D eigenvalue weighted by molar-refractivity contribution is 6.32. The van der Waals surface area contributed by atoms with Crippen molar-refractivity contribution >= 4 is 17.5 Å². The molecular formula is C18H18ClF3N2O2. The minimum Gasteiger partial charge on any atom is -0.456 e. The molecule has 0 unspecified atom stereocenters. The van der Waals surface area contributed by atoms with Crippen molar-refractivity contribution < 1.29 is 22.7 Å². The van der Waals surface area contributed by atoms with Crippen LogP contribution in [0, 0.1) is 0 Å². The number of amides is 1. The smallest absolute Gasteiger partial charge is 0.393 e. The van der Waals surface area contributed by atoms with Crippen molar-refractivity contribution in [3.8, 4) is 11.5 Å². The van der Waals surface area contributed by atoms with Crippen molar-refractivity contribution in [3.63, 3.8) is 0 Å². The number of hydrogen-bond acceptors (Lipinski definition) is 3. The molecule has 0 bridgehead atoms. The minimum atomic E-state index is -4.30. The molecule has 0 heterocycles. The SMILES string of the molecule is CNCCNC(=O)c1cccc(Oc2ccc(CC(F)(F)F)cc2Cl)c1. The van der Waals surface area contributed by atoms with Gasteiger partial charge < -0.3 is 15.4 Å². The zero-order valence-electron chi connectivity index (χ0n) is 14.0. The van der Waals surface area contributed by atoms with E-state index in [0.717, 1.165) is 0 Å². The Labute approximate surface area is 154 Å². The molecule has 0 aromatic heterocycles. The number of nitrogens with one attached hydrogen (secondary N) is 2. The quantitative estimate of drug-likeness (QED) is 0.702. The van der Waals surface area contributed by atoms with E-state index >= 15 is 0 Å². The van der Waals surface area contributed by atoms with Gasteiger partial charge in [-0.2, -0.15) is 13.2 Å². The van der Waals surface area contributed by atoms with Crippen LogP contribution in [0.25, 0.3) is 0 Å². The molecule has 26 heavy (non-hydrogen) atoms. The molecule has 4 nitrogen and oxygen atoms in total. The van der Waals surface area contributed by atoms with E-state index in [2.05, 4.69) is 10.6 Å². The van der Waals surface area contributed by atoms with Crippen LogP contribution >= 0.6 is 11.6 Å². The molecule has 0 atom stereocenters. The second kappa shape index (κ2) is 8.91. The Morgan fingerprint density at radius 2 is 1.92 bits per heavy atom. The molecule has 2 aromatic carbocycles. The average Bonchev–Trinajstić information content (AvgIpc) is 2.56. The van der Waals surface area contributed by atoms with Crippen LogP contribution in [0.5, 0.6) is 11.5 Å². The number of halogens is 4. The molecule has 0 aliphatic rings. The summed E-state index contributed by atoms with van der Waals surface area (Å²) in [6.45, 7) is 1.12. The summed E-state index contributed by atoms with van der Waals surface area (Å²) >= 11 is 6.02. The van der Waals surface area contributed by atoms with Crippen LogP contribution < -0.4 is 15.4 Å². The lowest BCUT2D eigenvalue weighted by atomic mass is 10.1. The summed E-state index contributed by atoms with van der Waals surface area (Å²) in [7, 11) is 1.78. The first-order valence-electron chi connectivity index (χ1n) is 7.84. The van der Waals surface area contributed by atoms with E-state index in [1.54, 1.807) is 25.2 Å². The molecule has 0 aliphatic carbocycles.